The van der Waals surface area contributed by atoms with E-state index in [1.165, 1.54) is 18.2 Å². The molecule has 0 aliphatic heterocycles. The summed E-state index contributed by atoms with van der Waals surface area (Å²) < 4.78 is 22.9. The Morgan fingerprint density at radius 2 is 2.07 bits per heavy atom. The molecule has 0 aromatic heterocycles. The van der Waals surface area contributed by atoms with E-state index in [0.29, 0.717) is 12.0 Å². The van der Waals surface area contributed by atoms with Crippen molar-refractivity contribution < 1.29 is 13.5 Å². The number of benzene rings is 1. The van der Waals surface area contributed by atoms with Gasteiger partial charge in [0, 0.05) is 17.9 Å². The molecule has 1 aromatic carbocycles. The molecule has 0 spiro atoms. The lowest BCUT2D eigenvalue weighted by Crippen LogP contribution is -2.19. The van der Waals surface area contributed by atoms with E-state index in [4.69, 9.17) is 5.73 Å². The van der Waals surface area contributed by atoms with Crippen molar-refractivity contribution in [2.45, 2.75) is 24.3 Å². The van der Waals surface area contributed by atoms with Crippen molar-refractivity contribution in [2.75, 3.05) is 6.26 Å². The number of nitrogens with two attached hydrogens (primary N) is 1. The van der Waals surface area contributed by atoms with Crippen molar-refractivity contribution in [3.05, 3.63) is 23.8 Å². The first-order valence-corrected chi connectivity index (χ1v) is 6.48. The Morgan fingerprint density at radius 3 is 2.53 bits per heavy atom. The highest BCUT2D eigenvalue weighted by Crippen LogP contribution is 2.25. The van der Waals surface area contributed by atoms with Crippen LogP contribution in [-0.4, -0.2) is 25.8 Å². The van der Waals surface area contributed by atoms with Crippen LogP contribution >= 0.6 is 0 Å². The molecule has 3 N–H and O–H groups in total. The summed E-state index contributed by atoms with van der Waals surface area (Å²) in [6.07, 6.45) is 1.46. The van der Waals surface area contributed by atoms with E-state index in [1.54, 1.807) is 6.92 Å². The Kier molecular flexibility index (Phi) is 3.36. The van der Waals surface area contributed by atoms with Crippen molar-refractivity contribution in [2.24, 2.45) is 5.73 Å². The number of hydrogen-bond donors (Lipinski definition) is 2. The molecule has 0 bridgehead atoms. The van der Waals surface area contributed by atoms with Crippen LogP contribution < -0.4 is 5.73 Å². The van der Waals surface area contributed by atoms with Gasteiger partial charge in [0.15, 0.2) is 9.84 Å². The molecule has 0 amide bonds. The first kappa shape index (κ1) is 12.0. The van der Waals surface area contributed by atoms with Gasteiger partial charge in [-0.2, -0.15) is 0 Å². The van der Waals surface area contributed by atoms with E-state index < -0.39 is 9.84 Å². The first-order valence-electron chi connectivity index (χ1n) is 4.59. The maximum Gasteiger partial charge on any atom is 0.175 e. The predicted molar refractivity (Wildman–Crippen MR) is 58.6 cm³/mol. The molecule has 1 rings (SSSR count). The molecule has 0 saturated carbocycles. The fraction of sp³-hybridized carbons (Fsp3) is 0.400. The summed E-state index contributed by atoms with van der Waals surface area (Å²) in [5, 5.41) is 9.58. The van der Waals surface area contributed by atoms with Crippen LogP contribution in [-0.2, 0) is 16.3 Å². The highest BCUT2D eigenvalue weighted by atomic mass is 32.2. The van der Waals surface area contributed by atoms with Crippen LogP contribution in [0.4, 0.5) is 0 Å². The molecule has 0 saturated heterocycles. The van der Waals surface area contributed by atoms with Gasteiger partial charge in [0.1, 0.15) is 5.75 Å². The van der Waals surface area contributed by atoms with Crippen LogP contribution in [0.25, 0.3) is 0 Å². The smallest absolute Gasteiger partial charge is 0.175 e. The maximum absolute atomic E-state index is 11.4. The van der Waals surface area contributed by atoms with Gasteiger partial charge in [-0.1, -0.05) is 6.07 Å². The van der Waals surface area contributed by atoms with Crippen LogP contribution in [0.1, 0.15) is 12.5 Å². The molecule has 4 nitrogen and oxygen atoms in total. The molecule has 0 heterocycles. The molecule has 0 aliphatic rings. The summed E-state index contributed by atoms with van der Waals surface area (Å²) in [6, 6.07) is 4.26. The SMILES string of the molecule is CC(N)Cc1c(O)cccc1S(C)(=O)=O. The number of phenols is 1. The lowest BCUT2D eigenvalue weighted by molar-refractivity contribution is 0.462. The van der Waals surface area contributed by atoms with Crippen LogP contribution in [0.5, 0.6) is 5.75 Å². The summed E-state index contributed by atoms with van der Waals surface area (Å²) >= 11 is 0. The zero-order valence-corrected chi connectivity index (χ0v) is 9.58. The molecular formula is C10H15NO3S. The summed E-state index contributed by atoms with van der Waals surface area (Å²) in [7, 11) is -3.32. The normalized spacial score (nSPS) is 13.8. The minimum atomic E-state index is -3.32. The van der Waals surface area contributed by atoms with Gasteiger partial charge in [0.25, 0.3) is 0 Å². The number of sulfone groups is 1. The monoisotopic (exact) mass is 229 g/mol. The lowest BCUT2D eigenvalue weighted by atomic mass is 10.1. The van der Waals surface area contributed by atoms with Gasteiger partial charge in [-0.15, -0.1) is 0 Å². The summed E-state index contributed by atoms with van der Waals surface area (Å²) in [5.41, 5.74) is 6.00. The Balaban J connectivity index is 3.33. The fourth-order valence-electron chi connectivity index (χ4n) is 1.43. The summed E-state index contributed by atoms with van der Waals surface area (Å²) in [6.45, 7) is 1.76. The van der Waals surface area contributed by atoms with Crippen molar-refractivity contribution in [1.29, 1.82) is 0 Å². The van der Waals surface area contributed by atoms with Crippen LogP contribution in [0.15, 0.2) is 23.1 Å². The highest BCUT2D eigenvalue weighted by Gasteiger charge is 2.16. The average molecular weight is 229 g/mol. The van der Waals surface area contributed by atoms with E-state index in [1.807, 2.05) is 0 Å². The summed E-state index contributed by atoms with van der Waals surface area (Å²) in [5.74, 6) is -0.0183. The van der Waals surface area contributed by atoms with Gasteiger partial charge in [0.05, 0.1) is 4.90 Å². The molecule has 5 heteroatoms. The van der Waals surface area contributed by atoms with Gasteiger partial charge in [-0.25, -0.2) is 8.42 Å². The molecule has 1 atom stereocenters. The average Bonchev–Trinajstić information content (AvgIpc) is 2.05. The van der Waals surface area contributed by atoms with Crippen molar-refractivity contribution >= 4 is 9.84 Å². The molecule has 0 radical (unpaired) electrons. The number of hydrogen-bond acceptors (Lipinski definition) is 4. The van der Waals surface area contributed by atoms with Gasteiger partial charge in [0.2, 0.25) is 0 Å². The minimum absolute atomic E-state index is 0.0183. The number of aromatic hydroxyl groups is 1. The maximum atomic E-state index is 11.4. The van der Waals surface area contributed by atoms with E-state index in [9.17, 15) is 13.5 Å². The second-order valence-corrected chi connectivity index (χ2v) is 5.69. The molecule has 1 unspecified atom stereocenters. The molecule has 0 fully saturated rings. The standard InChI is InChI=1S/C10H15NO3S/c1-7(11)6-8-9(12)4-3-5-10(8)15(2,13)14/h3-5,7,12H,6,11H2,1-2H3. The largest absolute Gasteiger partial charge is 0.508 e. The second kappa shape index (κ2) is 4.20. The third kappa shape index (κ3) is 2.94. The first-order chi connectivity index (χ1) is 6.82. The van der Waals surface area contributed by atoms with Crippen LogP contribution in [0.2, 0.25) is 0 Å². The van der Waals surface area contributed by atoms with Crippen molar-refractivity contribution in [3.8, 4) is 5.75 Å². The zero-order valence-electron chi connectivity index (χ0n) is 8.77. The predicted octanol–water partition coefficient (Wildman–Crippen LogP) is 0.685. The minimum Gasteiger partial charge on any atom is -0.508 e. The second-order valence-electron chi connectivity index (χ2n) is 3.71. The third-order valence-electron chi connectivity index (χ3n) is 2.03. The van der Waals surface area contributed by atoms with E-state index in [0.717, 1.165) is 6.26 Å². The van der Waals surface area contributed by atoms with Gasteiger partial charge >= 0.3 is 0 Å². The Labute approximate surface area is 89.7 Å². The third-order valence-corrected chi connectivity index (χ3v) is 3.22. The van der Waals surface area contributed by atoms with E-state index in [2.05, 4.69) is 0 Å². The Hall–Kier alpha value is -1.07. The molecule has 0 aliphatic carbocycles. The molecule has 15 heavy (non-hydrogen) atoms. The van der Waals surface area contributed by atoms with Gasteiger partial charge in [-0.05, 0) is 25.5 Å². The van der Waals surface area contributed by atoms with Crippen LogP contribution in [0.3, 0.4) is 0 Å². The number of phenolic OH excluding ortho intramolecular Hbond substituents is 1. The fourth-order valence-corrected chi connectivity index (χ4v) is 2.39. The van der Waals surface area contributed by atoms with Gasteiger partial charge < -0.3 is 10.8 Å². The molecule has 84 valence electrons. The molecular weight excluding hydrogens is 214 g/mol. The Bertz CT molecular complexity index is 452. The van der Waals surface area contributed by atoms with Gasteiger partial charge in [-0.3, -0.25) is 0 Å². The topological polar surface area (TPSA) is 80.4 Å². The lowest BCUT2D eigenvalue weighted by Gasteiger charge is -2.11. The molecule has 1 aromatic rings. The number of rotatable bonds is 3. The van der Waals surface area contributed by atoms with Crippen molar-refractivity contribution in [1.82, 2.24) is 0 Å². The van der Waals surface area contributed by atoms with E-state index in [-0.39, 0.29) is 16.7 Å². The highest BCUT2D eigenvalue weighted by molar-refractivity contribution is 7.90. The van der Waals surface area contributed by atoms with Crippen molar-refractivity contribution in [3.63, 3.8) is 0 Å². The van der Waals surface area contributed by atoms with E-state index >= 15 is 0 Å². The quantitative estimate of drug-likeness (QED) is 0.799. The summed E-state index contributed by atoms with van der Waals surface area (Å²) in [4.78, 5) is 0.153. The zero-order chi connectivity index (χ0) is 11.6. The Morgan fingerprint density at radius 1 is 1.47 bits per heavy atom. The van der Waals surface area contributed by atoms with Crippen LogP contribution in [0, 0.1) is 0 Å².